The van der Waals surface area contributed by atoms with Crippen LogP contribution in [-0.2, 0) is 14.3 Å². The lowest BCUT2D eigenvalue weighted by molar-refractivity contribution is -0.152. The van der Waals surface area contributed by atoms with E-state index in [0.717, 1.165) is 15.3 Å². The predicted octanol–water partition coefficient (Wildman–Crippen LogP) is 2.77. The molecule has 3 rings (SSSR count). The number of carbonyl (C=O) groups excluding carboxylic acids is 3. The number of benzene rings is 1. The van der Waals surface area contributed by atoms with Gasteiger partial charge < -0.3 is 10.1 Å². The summed E-state index contributed by atoms with van der Waals surface area (Å²) in [6.45, 7) is 2.15. The van der Waals surface area contributed by atoms with Crippen molar-refractivity contribution >= 4 is 40.9 Å². The Bertz CT molecular complexity index is 830. The Labute approximate surface area is 155 Å². The Hall–Kier alpha value is -2.93. The Kier molecular flexibility index (Phi) is 5.48. The molecule has 7 heteroatoms. The lowest BCUT2D eigenvalue weighted by atomic mass is 10.1. The Morgan fingerprint density at radius 1 is 1.23 bits per heavy atom. The average molecular weight is 370 g/mol. The SMILES string of the molecule is CC(OC(=O)/C(=C/c1ccccc1)c1cccs1)C(=O)N1CCNC1=O. The minimum absolute atomic E-state index is 0.275. The van der Waals surface area contributed by atoms with Gasteiger partial charge in [-0.05, 0) is 30.0 Å². The van der Waals surface area contributed by atoms with Crippen molar-refractivity contribution < 1.29 is 19.1 Å². The summed E-state index contributed by atoms with van der Waals surface area (Å²) < 4.78 is 5.36. The Balaban J connectivity index is 1.79. The number of urea groups is 1. The fourth-order valence-corrected chi connectivity index (χ4v) is 3.28. The van der Waals surface area contributed by atoms with Crippen molar-refractivity contribution in [2.75, 3.05) is 13.1 Å². The highest BCUT2D eigenvalue weighted by Gasteiger charge is 2.32. The fraction of sp³-hybridized carbons (Fsp3) is 0.211. The molecular formula is C19H18N2O4S. The number of nitrogens with one attached hydrogen (secondary N) is 1. The molecule has 1 unspecified atom stereocenters. The molecule has 26 heavy (non-hydrogen) atoms. The number of carbonyl (C=O) groups is 3. The van der Waals surface area contributed by atoms with Gasteiger partial charge in [0.2, 0.25) is 0 Å². The lowest BCUT2D eigenvalue weighted by Gasteiger charge is -2.18. The number of nitrogens with zero attached hydrogens (tertiary/aromatic N) is 1. The third-order valence-corrected chi connectivity index (χ3v) is 4.77. The zero-order valence-electron chi connectivity index (χ0n) is 14.2. The molecule has 6 nitrogen and oxygen atoms in total. The molecular weight excluding hydrogens is 352 g/mol. The van der Waals surface area contributed by atoms with Gasteiger partial charge in [0.05, 0.1) is 5.57 Å². The molecule has 1 aromatic heterocycles. The van der Waals surface area contributed by atoms with Gasteiger partial charge in [-0.15, -0.1) is 11.3 Å². The minimum Gasteiger partial charge on any atom is -0.449 e. The summed E-state index contributed by atoms with van der Waals surface area (Å²) in [5.74, 6) is -1.13. The van der Waals surface area contributed by atoms with E-state index < -0.39 is 24.0 Å². The summed E-state index contributed by atoms with van der Waals surface area (Å²) in [6, 6.07) is 12.6. The average Bonchev–Trinajstić information content (AvgIpc) is 3.31. The van der Waals surface area contributed by atoms with E-state index in [-0.39, 0.29) is 6.54 Å². The van der Waals surface area contributed by atoms with Gasteiger partial charge in [0, 0.05) is 18.0 Å². The topological polar surface area (TPSA) is 75.7 Å². The van der Waals surface area contributed by atoms with Gasteiger partial charge in [0.1, 0.15) is 0 Å². The van der Waals surface area contributed by atoms with Gasteiger partial charge in [-0.1, -0.05) is 36.4 Å². The molecule has 3 amide bonds. The number of amides is 3. The Morgan fingerprint density at radius 2 is 2.00 bits per heavy atom. The largest absolute Gasteiger partial charge is 0.449 e. The number of esters is 1. The van der Waals surface area contributed by atoms with E-state index in [9.17, 15) is 14.4 Å². The molecule has 0 saturated carbocycles. The van der Waals surface area contributed by atoms with Crippen LogP contribution in [0.3, 0.4) is 0 Å². The van der Waals surface area contributed by atoms with Crippen LogP contribution in [0.5, 0.6) is 0 Å². The molecule has 2 aromatic rings. The van der Waals surface area contributed by atoms with Gasteiger partial charge in [-0.2, -0.15) is 0 Å². The maximum absolute atomic E-state index is 12.7. The van der Waals surface area contributed by atoms with Crippen LogP contribution in [0.25, 0.3) is 11.6 Å². The molecule has 1 aromatic carbocycles. The van der Waals surface area contributed by atoms with E-state index in [1.165, 1.54) is 18.3 Å². The summed E-state index contributed by atoms with van der Waals surface area (Å²) in [5.41, 5.74) is 1.22. The summed E-state index contributed by atoms with van der Waals surface area (Å²) in [7, 11) is 0. The first-order valence-corrected chi connectivity index (χ1v) is 9.05. The highest BCUT2D eigenvalue weighted by atomic mass is 32.1. The second kappa shape index (κ2) is 7.97. The first-order chi connectivity index (χ1) is 12.6. The lowest BCUT2D eigenvalue weighted by Crippen LogP contribution is -2.41. The minimum atomic E-state index is -1.05. The number of hydrogen-bond acceptors (Lipinski definition) is 5. The molecule has 0 radical (unpaired) electrons. The standard InChI is InChI=1S/C19H18N2O4S/c1-13(17(22)21-10-9-20-19(21)24)25-18(23)15(16-8-5-11-26-16)12-14-6-3-2-4-7-14/h2-8,11-13H,9-10H2,1H3,(H,20,24)/b15-12+. The van der Waals surface area contributed by atoms with Crippen LogP contribution in [0.2, 0.25) is 0 Å². The summed E-state index contributed by atoms with van der Waals surface area (Å²) in [6.07, 6.45) is 0.680. The van der Waals surface area contributed by atoms with Crippen LogP contribution < -0.4 is 5.32 Å². The summed E-state index contributed by atoms with van der Waals surface area (Å²) in [4.78, 5) is 38.5. The highest BCUT2D eigenvalue weighted by Crippen LogP contribution is 2.25. The third-order valence-electron chi connectivity index (χ3n) is 3.87. The van der Waals surface area contributed by atoms with E-state index in [2.05, 4.69) is 5.32 Å². The molecule has 0 spiro atoms. The van der Waals surface area contributed by atoms with Crippen LogP contribution in [0.4, 0.5) is 4.79 Å². The summed E-state index contributed by atoms with van der Waals surface area (Å²) in [5, 5.41) is 4.42. The molecule has 1 aliphatic heterocycles. The first kappa shape index (κ1) is 17.9. The van der Waals surface area contributed by atoms with Gasteiger partial charge in [0.25, 0.3) is 5.91 Å². The van der Waals surface area contributed by atoms with E-state index in [0.29, 0.717) is 12.1 Å². The van der Waals surface area contributed by atoms with Crippen LogP contribution in [-0.4, -0.2) is 42.0 Å². The van der Waals surface area contributed by atoms with Crippen molar-refractivity contribution in [3.63, 3.8) is 0 Å². The van der Waals surface area contributed by atoms with Crippen molar-refractivity contribution in [3.8, 4) is 0 Å². The fourth-order valence-electron chi connectivity index (χ4n) is 2.55. The van der Waals surface area contributed by atoms with Crippen molar-refractivity contribution in [2.24, 2.45) is 0 Å². The van der Waals surface area contributed by atoms with Crippen molar-refractivity contribution in [3.05, 3.63) is 58.3 Å². The van der Waals surface area contributed by atoms with Crippen LogP contribution >= 0.6 is 11.3 Å². The second-order valence-electron chi connectivity index (χ2n) is 5.72. The number of hydrogen-bond donors (Lipinski definition) is 1. The molecule has 1 fully saturated rings. The summed E-state index contributed by atoms with van der Waals surface area (Å²) >= 11 is 1.41. The van der Waals surface area contributed by atoms with E-state index in [1.54, 1.807) is 6.08 Å². The molecule has 1 N–H and O–H groups in total. The van der Waals surface area contributed by atoms with E-state index >= 15 is 0 Å². The molecule has 0 bridgehead atoms. The van der Waals surface area contributed by atoms with Crippen LogP contribution in [0.15, 0.2) is 47.8 Å². The van der Waals surface area contributed by atoms with Gasteiger partial charge in [0.15, 0.2) is 6.10 Å². The highest BCUT2D eigenvalue weighted by molar-refractivity contribution is 7.11. The van der Waals surface area contributed by atoms with E-state index in [4.69, 9.17) is 4.74 Å². The van der Waals surface area contributed by atoms with Crippen molar-refractivity contribution in [2.45, 2.75) is 13.0 Å². The van der Waals surface area contributed by atoms with Crippen LogP contribution in [0, 0.1) is 0 Å². The van der Waals surface area contributed by atoms with Gasteiger partial charge >= 0.3 is 12.0 Å². The smallest absolute Gasteiger partial charge is 0.340 e. The predicted molar refractivity (Wildman–Crippen MR) is 99.3 cm³/mol. The quantitative estimate of drug-likeness (QED) is 0.649. The van der Waals surface area contributed by atoms with E-state index in [1.807, 2.05) is 47.8 Å². The maximum Gasteiger partial charge on any atom is 0.340 e. The zero-order chi connectivity index (χ0) is 18.5. The number of thiophene rings is 1. The zero-order valence-corrected chi connectivity index (χ0v) is 15.0. The maximum atomic E-state index is 12.7. The molecule has 0 aliphatic carbocycles. The molecule has 134 valence electrons. The third kappa shape index (κ3) is 4.00. The second-order valence-corrected chi connectivity index (χ2v) is 6.66. The van der Waals surface area contributed by atoms with Crippen LogP contribution in [0.1, 0.15) is 17.4 Å². The Morgan fingerprint density at radius 3 is 2.62 bits per heavy atom. The first-order valence-electron chi connectivity index (χ1n) is 8.17. The molecule has 1 saturated heterocycles. The number of imide groups is 1. The van der Waals surface area contributed by atoms with Crippen molar-refractivity contribution in [1.29, 1.82) is 0 Å². The molecule has 1 aliphatic rings. The molecule has 2 heterocycles. The van der Waals surface area contributed by atoms with Gasteiger partial charge in [-0.25, -0.2) is 9.59 Å². The monoisotopic (exact) mass is 370 g/mol. The van der Waals surface area contributed by atoms with Crippen molar-refractivity contribution in [1.82, 2.24) is 10.2 Å². The number of ether oxygens (including phenoxy) is 1. The normalized spacial score (nSPS) is 15.5. The van der Waals surface area contributed by atoms with Gasteiger partial charge in [-0.3, -0.25) is 9.69 Å². The number of rotatable bonds is 5. The molecule has 1 atom stereocenters.